The molecule has 68 valence electrons. The van der Waals surface area contributed by atoms with Gasteiger partial charge in [-0.1, -0.05) is 0 Å². The number of nitrogens with one attached hydrogen (secondary N) is 1. The summed E-state index contributed by atoms with van der Waals surface area (Å²) in [6.45, 7) is 1.68. The molecule has 1 aliphatic carbocycles. The summed E-state index contributed by atoms with van der Waals surface area (Å²) in [4.78, 5) is 11.3. The first-order valence-electron chi connectivity index (χ1n) is 4.58. The van der Waals surface area contributed by atoms with Crippen LogP contribution in [0, 0.1) is 11.3 Å². The molecule has 0 aromatic heterocycles. The Bertz CT molecular complexity index is 197. The van der Waals surface area contributed by atoms with Crippen molar-refractivity contribution in [1.82, 2.24) is 5.32 Å². The summed E-state index contributed by atoms with van der Waals surface area (Å²) in [5.41, 5.74) is 0.332. The molecule has 0 aromatic carbocycles. The maximum atomic E-state index is 11.3. The summed E-state index contributed by atoms with van der Waals surface area (Å²) < 4.78 is 5.28. The van der Waals surface area contributed by atoms with Crippen LogP contribution in [0.5, 0.6) is 0 Å². The molecule has 1 saturated carbocycles. The van der Waals surface area contributed by atoms with E-state index in [4.69, 9.17) is 4.74 Å². The van der Waals surface area contributed by atoms with Crippen LogP contribution < -0.4 is 5.32 Å². The van der Waals surface area contributed by atoms with E-state index in [9.17, 15) is 4.79 Å². The third kappa shape index (κ3) is 1.12. The molecular formula is C9H15NO2. The number of rotatable bonds is 1. The number of ether oxygens (including phenoxy) is 1. The molecule has 0 aromatic rings. The van der Waals surface area contributed by atoms with E-state index in [0.29, 0.717) is 5.41 Å². The van der Waals surface area contributed by atoms with Crippen molar-refractivity contribution in [3.05, 3.63) is 0 Å². The van der Waals surface area contributed by atoms with Gasteiger partial charge in [-0.25, -0.2) is 0 Å². The van der Waals surface area contributed by atoms with Gasteiger partial charge in [-0.05, 0) is 24.7 Å². The second-order valence-electron chi connectivity index (χ2n) is 3.85. The van der Waals surface area contributed by atoms with Crippen LogP contribution in [0.15, 0.2) is 0 Å². The monoisotopic (exact) mass is 169 g/mol. The Kier molecular flexibility index (Phi) is 1.83. The van der Waals surface area contributed by atoms with Crippen molar-refractivity contribution in [3.8, 4) is 0 Å². The summed E-state index contributed by atoms with van der Waals surface area (Å²) in [6.07, 6.45) is 3.23. The first-order chi connectivity index (χ1) is 5.78. The molecule has 1 atom stereocenters. The van der Waals surface area contributed by atoms with Gasteiger partial charge in [0.2, 0.25) is 5.91 Å². The molecule has 0 radical (unpaired) electrons. The Morgan fingerprint density at radius 1 is 1.50 bits per heavy atom. The summed E-state index contributed by atoms with van der Waals surface area (Å²) in [7, 11) is 1.72. The molecule has 2 rings (SSSR count). The first kappa shape index (κ1) is 8.05. The minimum atomic E-state index is 0.219. The minimum absolute atomic E-state index is 0.219. The predicted molar refractivity (Wildman–Crippen MR) is 44.7 cm³/mol. The van der Waals surface area contributed by atoms with Gasteiger partial charge >= 0.3 is 0 Å². The van der Waals surface area contributed by atoms with Crippen molar-refractivity contribution >= 4 is 5.91 Å². The standard InChI is InChI=1S/C9H15NO2/c1-10-8(11)7-6-9(7)2-4-12-5-3-9/h7H,2-6H2,1H3,(H,10,11). The van der Waals surface area contributed by atoms with E-state index in [1.165, 1.54) is 0 Å². The first-order valence-corrected chi connectivity index (χ1v) is 4.58. The van der Waals surface area contributed by atoms with Crippen LogP contribution in [-0.2, 0) is 9.53 Å². The van der Waals surface area contributed by atoms with Gasteiger partial charge in [-0.2, -0.15) is 0 Å². The highest BCUT2D eigenvalue weighted by Gasteiger charge is 2.57. The lowest BCUT2D eigenvalue weighted by atomic mass is 9.94. The highest BCUT2D eigenvalue weighted by Crippen LogP contribution is 2.59. The van der Waals surface area contributed by atoms with E-state index in [0.717, 1.165) is 32.5 Å². The van der Waals surface area contributed by atoms with Gasteiger partial charge in [0, 0.05) is 26.2 Å². The maximum Gasteiger partial charge on any atom is 0.223 e. The van der Waals surface area contributed by atoms with Crippen LogP contribution in [0.25, 0.3) is 0 Å². The fourth-order valence-electron chi connectivity index (χ4n) is 2.22. The Hall–Kier alpha value is -0.570. The summed E-state index contributed by atoms with van der Waals surface area (Å²) in [6, 6.07) is 0. The van der Waals surface area contributed by atoms with Gasteiger partial charge in [-0.15, -0.1) is 0 Å². The van der Waals surface area contributed by atoms with Crippen molar-refractivity contribution in [1.29, 1.82) is 0 Å². The third-order valence-corrected chi connectivity index (χ3v) is 3.24. The molecule has 2 aliphatic rings. The third-order valence-electron chi connectivity index (χ3n) is 3.24. The lowest BCUT2D eigenvalue weighted by molar-refractivity contribution is -0.123. The van der Waals surface area contributed by atoms with Gasteiger partial charge in [0.25, 0.3) is 0 Å². The van der Waals surface area contributed by atoms with Crippen molar-refractivity contribution in [2.24, 2.45) is 11.3 Å². The zero-order valence-electron chi connectivity index (χ0n) is 7.43. The molecule has 3 nitrogen and oxygen atoms in total. The van der Waals surface area contributed by atoms with Gasteiger partial charge in [0.1, 0.15) is 0 Å². The topological polar surface area (TPSA) is 38.3 Å². The molecule has 12 heavy (non-hydrogen) atoms. The molecule has 1 aliphatic heterocycles. The largest absolute Gasteiger partial charge is 0.381 e. The van der Waals surface area contributed by atoms with E-state index in [2.05, 4.69) is 5.32 Å². The quantitative estimate of drug-likeness (QED) is 0.622. The van der Waals surface area contributed by atoms with Gasteiger partial charge < -0.3 is 10.1 Å². The van der Waals surface area contributed by atoms with Gasteiger partial charge in [-0.3, -0.25) is 4.79 Å². The van der Waals surface area contributed by atoms with Crippen molar-refractivity contribution in [2.45, 2.75) is 19.3 Å². The van der Waals surface area contributed by atoms with Crippen molar-refractivity contribution in [2.75, 3.05) is 20.3 Å². The van der Waals surface area contributed by atoms with E-state index in [1.54, 1.807) is 7.05 Å². The fourth-order valence-corrected chi connectivity index (χ4v) is 2.22. The number of carbonyl (C=O) groups is 1. The Labute approximate surface area is 72.5 Å². The van der Waals surface area contributed by atoms with Crippen LogP contribution in [0.3, 0.4) is 0 Å². The predicted octanol–water partition coefficient (Wildman–Crippen LogP) is 0.549. The van der Waals surface area contributed by atoms with Crippen LogP contribution in [0.2, 0.25) is 0 Å². The molecule has 1 heterocycles. The Morgan fingerprint density at radius 2 is 2.17 bits per heavy atom. The number of hydrogen-bond donors (Lipinski definition) is 1. The minimum Gasteiger partial charge on any atom is -0.381 e. The number of amides is 1. The molecule has 1 amide bonds. The fraction of sp³-hybridized carbons (Fsp3) is 0.889. The molecule has 0 bridgehead atoms. The lowest BCUT2D eigenvalue weighted by Gasteiger charge is -2.22. The SMILES string of the molecule is CNC(=O)C1CC12CCOCC2. The van der Waals surface area contributed by atoms with Crippen LogP contribution in [0.1, 0.15) is 19.3 Å². The lowest BCUT2D eigenvalue weighted by Crippen LogP contribution is -2.26. The summed E-state index contributed by atoms with van der Waals surface area (Å²) >= 11 is 0. The van der Waals surface area contributed by atoms with Gasteiger partial charge in [0.15, 0.2) is 0 Å². The average molecular weight is 169 g/mol. The zero-order chi connectivity index (χ0) is 8.60. The van der Waals surface area contributed by atoms with E-state index in [-0.39, 0.29) is 11.8 Å². The van der Waals surface area contributed by atoms with Crippen LogP contribution in [0.4, 0.5) is 0 Å². The zero-order valence-corrected chi connectivity index (χ0v) is 7.43. The Morgan fingerprint density at radius 3 is 2.75 bits per heavy atom. The van der Waals surface area contributed by atoms with Crippen LogP contribution >= 0.6 is 0 Å². The summed E-state index contributed by atoms with van der Waals surface area (Å²) in [5, 5.41) is 2.72. The average Bonchev–Trinajstić information content (AvgIpc) is 2.80. The van der Waals surface area contributed by atoms with Crippen LogP contribution in [-0.4, -0.2) is 26.2 Å². The molecule has 3 heteroatoms. The Balaban J connectivity index is 1.95. The number of carbonyl (C=O) groups excluding carboxylic acids is 1. The van der Waals surface area contributed by atoms with Crippen molar-refractivity contribution < 1.29 is 9.53 Å². The normalized spacial score (nSPS) is 31.6. The summed E-state index contributed by atoms with van der Waals surface area (Å²) in [5.74, 6) is 0.503. The molecule has 1 spiro atoms. The van der Waals surface area contributed by atoms with E-state index in [1.807, 2.05) is 0 Å². The maximum absolute atomic E-state index is 11.3. The van der Waals surface area contributed by atoms with E-state index < -0.39 is 0 Å². The van der Waals surface area contributed by atoms with Crippen molar-refractivity contribution in [3.63, 3.8) is 0 Å². The van der Waals surface area contributed by atoms with Gasteiger partial charge in [0.05, 0.1) is 0 Å². The molecule has 1 unspecified atom stereocenters. The smallest absolute Gasteiger partial charge is 0.223 e. The highest BCUT2D eigenvalue weighted by molar-refractivity contribution is 5.82. The number of hydrogen-bond acceptors (Lipinski definition) is 2. The molecular weight excluding hydrogens is 154 g/mol. The molecule has 1 saturated heterocycles. The van der Waals surface area contributed by atoms with E-state index >= 15 is 0 Å². The molecule has 1 N–H and O–H groups in total. The highest BCUT2D eigenvalue weighted by atomic mass is 16.5. The molecule has 2 fully saturated rings. The second-order valence-corrected chi connectivity index (χ2v) is 3.85. The second kappa shape index (κ2) is 2.73.